The molecule has 0 fully saturated rings. The van der Waals surface area contributed by atoms with Crippen LogP contribution < -0.4 is 10.1 Å². The molecular formula is C19H23NO3. The zero-order valence-corrected chi connectivity index (χ0v) is 13.8. The molecule has 122 valence electrons. The average Bonchev–Trinajstić information content (AvgIpc) is 2.54. The topological polar surface area (TPSA) is 58.6 Å². The molecule has 2 N–H and O–H groups in total. The first-order chi connectivity index (χ1) is 11.0. The van der Waals surface area contributed by atoms with Crippen LogP contribution in [0.4, 0.5) is 0 Å². The first-order valence-electron chi connectivity index (χ1n) is 7.76. The lowest BCUT2D eigenvalue weighted by molar-refractivity contribution is -0.119. The Morgan fingerprint density at radius 3 is 2.52 bits per heavy atom. The number of phenols is 1. The van der Waals surface area contributed by atoms with Crippen LogP contribution in [-0.2, 0) is 17.6 Å². The summed E-state index contributed by atoms with van der Waals surface area (Å²) in [6.45, 7) is 3.55. The van der Waals surface area contributed by atoms with Crippen LogP contribution in [0.15, 0.2) is 42.5 Å². The Balaban J connectivity index is 2.42. The normalized spacial score (nSPS) is 11.8. The Bertz CT molecular complexity index is 668. The standard InChI is InChI=1S/C19H23NO3/c1-4-15-11-19(23-3)18(22)12-16(15)17(20-13(2)21)10-14-8-6-5-7-9-14/h5-9,11-12,17,22H,4,10H2,1-3H3,(H,20,21). The fourth-order valence-corrected chi connectivity index (χ4v) is 2.75. The molecule has 1 amide bonds. The average molecular weight is 313 g/mol. The van der Waals surface area contributed by atoms with Gasteiger partial charge >= 0.3 is 0 Å². The lowest BCUT2D eigenvalue weighted by Gasteiger charge is -2.22. The van der Waals surface area contributed by atoms with E-state index in [9.17, 15) is 9.90 Å². The van der Waals surface area contributed by atoms with E-state index in [-0.39, 0.29) is 17.7 Å². The van der Waals surface area contributed by atoms with Gasteiger partial charge in [-0.2, -0.15) is 0 Å². The van der Waals surface area contributed by atoms with E-state index in [2.05, 4.69) is 5.32 Å². The van der Waals surface area contributed by atoms with Crippen LogP contribution in [0.1, 0.15) is 36.6 Å². The maximum absolute atomic E-state index is 11.6. The minimum atomic E-state index is -0.193. The van der Waals surface area contributed by atoms with Crippen molar-refractivity contribution < 1.29 is 14.6 Å². The van der Waals surface area contributed by atoms with Crippen LogP contribution >= 0.6 is 0 Å². The van der Waals surface area contributed by atoms with Crippen LogP contribution in [0.5, 0.6) is 11.5 Å². The van der Waals surface area contributed by atoms with Gasteiger partial charge in [0.25, 0.3) is 0 Å². The van der Waals surface area contributed by atoms with Crippen molar-refractivity contribution >= 4 is 5.91 Å². The number of benzene rings is 2. The van der Waals surface area contributed by atoms with E-state index in [0.717, 1.165) is 23.1 Å². The second kappa shape index (κ2) is 7.68. The summed E-state index contributed by atoms with van der Waals surface area (Å²) in [7, 11) is 1.53. The number of rotatable bonds is 6. The van der Waals surface area contributed by atoms with Crippen molar-refractivity contribution in [2.24, 2.45) is 0 Å². The smallest absolute Gasteiger partial charge is 0.217 e. The molecule has 1 unspecified atom stereocenters. The quantitative estimate of drug-likeness (QED) is 0.859. The van der Waals surface area contributed by atoms with Crippen molar-refractivity contribution in [1.29, 1.82) is 0 Å². The van der Waals surface area contributed by atoms with Crippen molar-refractivity contribution in [3.05, 3.63) is 59.2 Å². The maximum Gasteiger partial charge on any atom is 0.217 e. The van der Waals surface area contributed by atoms with E-state index in [4.69, 9.17) is 4.74 Å². The number of carbonyl (C=O) groups excluding carboxylic acids is 1. The van der Waals surface area contributed by atoms with Crippen molar-refractivity contribution in [1.82, 2.24) is 5.32 Å². The molecule has 2 rings (SSSR count). The number of hydrogen-bond donors (Lipinski definition) is 2. The summed E-state index contributed by atoms with van der Waals surface area (Å²) in [6.07, 6.45) is 1.45. The van der Waals surface area contributed by atoms with Crippen LogP contribution in [0.25, 0.3) is 0 Å². The number of aryl methyl sites for hydroxylation is 1. The number of nitrogens with one attached hydrogen (secondary N) is 1. The molecule has 0 aliphatic carbocycles. The van der Waals surface area contributed by atoms with Crippen molar-refractivity contribution in [2.45, 2.75) is 32.7 Å². The summed E-state index contributed by atoms with van der Waals surface area (Å²) in [4.78, 5) is 11.6. The SMILES string of the molecule is CCc1cc(OC)c(O)cc1C(Cc1ccccc1)NC(C)=O. The van der Waals surface area contributed by atoms with Gasteiger partial charge in [0, 0.05) is 6.92 Å². The first kappa shape index (κ1) is 16.9. The molecule has 0 heterocycles. The molecule has 0 saturated heterocycles. The van der Waals surface area contributed by atoms with Gasteiger partial charge in [0.1, 0.15) is 0 Å². The van der Waals surface area contributed by atoms with E-state index < -0.39 is 0 Å². The van der Waals surface area contributed by atoms with Gasteiger partial charge in [0.05, 0.1) is 13.2 Å². The number of methoxy groups -OCH3 is 1. The third kappa shape index (κ3) is 4.25. The van der Waals surface area contributed by atoms with Gasteiger partial charge in [-0.1, -0.05) is 37.3 Å². The Labute approximate surface area is 137 Å². The van der Waals surface area contributed by atoms with E-state index in [0.29, 0.717) is 12.2 Å². The largest absolute Gasteiger partial charge is 0.504 e. The minimum Gasteiger partial charge on any atom is -0.504 e. The van der Waals surface area contributed by atoms with Crippen LogP contribution in [0.3, 0.4) is 0 Å². The van der Waals surface area contributed by atoms with Gasteiger partial charge in [-0.15, -0.1) is 0 Å². The fourth-order valence-electron chi connectivity index (χ4n) is 2.75. The number of amides is 1. The summed E-state index contributed by atoms with van der Waals surface area (Å²) in [5.41, 5.74) is 3.10. The highest BCUT2D eigenvalue weighted by Gasteiger charge is 2.19. The fraction of sp³-hybridized carbons (Fsp3) is 0.316. The minimum absolute atomic E-state index is 0.0862. The summed E-state index contributed by atoms with van der Waals surface area (Å²) in [5, 5.41) is 13.1. The summed E-state index contributed by atoms with van der Waals surface area (Å²) in [5.74, 6) is 0.443. The molecule has 2 aromatic rings. The van der Waals surface area contributed by atoms with Crippen molar-refractivity contribution in [3.8, 4) is 11.5 Å². The van der Waals surface area contributed by atoms with Crippen LogP contribution in [-0.4, -0.2) is 18.1 Å². The van der Waals surface area contributed by atoms with Crippen LogP contribution in [0, 0.1) is 0 Å². The first-order valence-corrected chi connectivity index (χ1v) is 7.76. The number of carbonyl (C=O) groups is 1. The number of hydrogen-bond acceptors (Lipinski definition) is 3. The van der Waals surface area contributed by atoms with E-state index in [1.54, 1.807) is 6.07 Å². The van der Waals surface area contributed by atoms with Gasteiger partial charge in [-0.3, -0.25) is 4.79 Å². The molecule has 0 radical (unpaired) electrons. The molecule has 0 aliphatic heterocycles. The third-order valence-electron chi connectivity index (χ3n) is 3.86. The highest BCUT2D eigenvalue weighted by atomic mass is 16.5. The zero-order chi connectivity index (χ0) is 16.8. The summed E-state index contributed by atoms with van der Waals surface area (Å²) < 4.78 is 5.18. The van der Waals surface area contributed by atoms with Crippen LogP contribution in [0.2, 0.25) is 0 Å². The molecule has 4 nitrogen and oxygen atoms in total. The summed E-state index contributed by atoms with van der Waals surface area (Å²) in [6, 6.07) is 13.3. The van der Waals surface area contributed by atoms with Crippen molar-refractivity contribution in [3.63, 3.8) is 0 Å². The van der Waals surface area contributed by atoms with Gasteiger partial charge in [-0.25, -0.2) is 0 Å². The predicted octanol–water partition coefficient (Wildman–Crippen LogP) is 3.38. The zero-order valence-electron chi connectivity index (χ0n) is 13.8. The maximum atomic E-state index is 11.6. The lowest BCUT2D eigenvalue weighted by Crippen LogP contribution is -2.28. The van der Waals surface area contributed by atoms with Gasteiger partial charge in [0.2, 0.25) is 5.91 Å². The monoisotopic (exact) mass is 313 g/mol. The van der Waals surface area contributed by atoms with E-state index >= 15 is 0 Å². The molecule has 0 spiro atoms. The Kier molecular flexibility index (Phi) is 5.63. The molecular weight excluding hydrogens is 290 g/mol. The lowest BCUT2D eigenvalue weighted by atomic mass is 9.93. The second-order valence-electron chi connectivity index (χ2n) is 5.52. The van der Waals surface area contributed by atoms with Gasteiger partial charge in [-0.05, 0) is 41.7 Å². The predicted molar refractivity (Wildman–Crippen MR) is 90.7 cm³/mol. The molecule has 0 aromatic heterocycles. The molecule has 23 heavy (non-hydrogen) atoms. The summed E-state index contributed by atoms with van der Waals surface area (Å²) >= 11 is 0. The number of phenolic OH excluding ortho intramolecular Hbond substituents is 1. The highest BCUT2D eigenvalue weighted by molar-refractivity contribution is 5.73. The van der Waals surface area contributed by atoms with Gasteiger partial charge < -0.3 is 15.2 Å². The highest BCUT2D eigenvalue weighted by Crippen LogP contribution is 2.33. The second-order valence-corrected chi connectivity index (χ2v) is 5.52. The molecule has 0 saturated carbocycles. The third-order valence-corrected chi connectivity index (χ3v) is 3.86. The Morgan fingerprint density at radius 2 is 1.96 bits per heavy atom. The molecule has 0 aliphatic rings. The van der Waals surface area contributed by atoms with Gasteiger partial charge in [0.15, 0.2) is 11.5 Å². The van der Waals surface area contributed by atoms with E-state index in [1.807, 2.05) is 43.3 Å². The molecule has 4 heteroatoms. The Morgan fingerprint density at radius 1 is 1.26 bits per heavy atom. The number of ether oxygens (including phenoxy) is 1. The van der Waals surface area contributed by atoms with E-state index in [1.165, 1.54) is 14.0 Å². The molecule has 2 aromatic carbocycles. The number of aromatic hydroxyl groups is 1. The van der Waals surface area contributed by atoms with Crippen molar-refractivity contribution in [2.75, 3.05) is 7.11 Å². The molecule has 1 atom stereocenters. The molecule has 0 bridgehead atoms. The Hall–Kier alpha value is -2.49.